The highest BCUT2D eigenvalue weighted by Gasteiger charge is 2.08. The van der Waals surface area contributed by atoms with Crippen LogP contribution in [0, 0.1) is 0 Å². The zero-order chi connectivity index (χ0) is 20.5. The fourth-order valence-electron chi connectivity index (χ4n) is 2.34. The Kier molecular flexibility index (Phi) is 6.62. The predicted octanol–water partition coefficient (Wildman–Crippen LogP) is 2.44. The molecule has 0 saturated carbocycles. The monoisotopic (exact) mass is 393 g/mol. The SMILES string of the molecule is O=C(COc1ccc(/C=N\NC(=O)c2ccccc2O)cc1)NCc1ccco1. The molecule has 3 N–H and O–H groups in total. The highest BCUT2D eigenvalue weighted by atomic mass is 16.5. The second kappa shape index (κ2) is 9.75. The number of furan rings is 1. The maximum atomic E-state index is 11.9. The first kappa shape index (κ1) is 19.7. The van der Waals surface area contributed by atoms with E-state index in [0.29, 0.717) is 18.1 Å². The Morgan fingerprint density at radius 1 is 1.07 bits per heavy atom. The first-order valence-corrected chi connectivity index (χ1v) is 8.75. The summed E-state index contributed by atoms with van der Waals surface area (Å²) in [6.45, 7) is 0.182. The van der Waals surface area contributed by atoms with E-state index in [9.17, 15) is 14.7 Å². The summed E-state index contributed by atoms with van der Waals surface area (Å²) in [5.41, 5.74) is 3.20. The van der Waals surface area contributed by atoms with E-state index < -0.39 is 5.91 Å². The minimum Gasteiger partial charge on any atom is -0.507 e. The van der Waals surface area contributed by atoms with Crippen molar-refractivity contribution < 1.29 is 23.8 Å². The van der Waals surface area contributed by atoms with Gasteiger partial charge in [0.25, 0.3) is 11.8 Å². The molecule has 1 aromatic heterocycles. The molecule has 0 atom stereocenters. The standard InChI is InChI=1S/C21H19N3O5/c25-19-6-2-1-5-18(19)21(27)24-23-12-15-7-9-16(10-8-15)29-14-20(26)22-13-17-4-3-11-28-17/h1-12,25H,13-14H2,(H,22,26)(H,24,27)/b23-12-. The minimum atomic E-state index is -0.514. The van der Waals surface area contributed by atoms with E-state index in [-0.39, 0.29) is 23.8 Å². The third-order valence-electron chi connectivity index (χ3n) is 3.82. The van der Waals surface area contributed by atoms with Crippen LogP contribution in [0.1, 0.15) is 21.7 Å². The Bertz CT molecular complexity index is 982. The Morgan fingerprint density at radius 3 is 2.59 bits per heavy atom. The summed E-state index contributed by atoms with van der Waals surface area (Å²) in [5.74, 6) is 0.291. The van der Waals surface area contributed by atoms with Gasteiger partial charge in [0.1, 0.15) is 17.3 Å². The van der Waals surface area contributed by atoms with E-state index >= 15 is 0 Å². The molecule has 8 heteroatoms. The number of carbonyl (C=O) groups is 2. The van der Waals surface area contributed by atoms with Gasteiger partial charge in [0.2, 0.25) is 0 Å². The predicted molar refractivity (Wildman–Crippen MR) is 106 cm³/mol. The van der Waals surface area contributed by atoms with Crippen LogP contribution in [0.2, 0.25) is 0 Å². The van der Waals surface area contributed by atoms with Crippen molar-refractivity contribution >= 4 is 18.0 Å². The van der Waals surface area contributed by atoms with Crippen molar-refractivity contribution in [1.82, 2.24) is 10.7 Å². The maximum absolute atomic E-state index is 11.9. The number of carbonyl (C=O) groups excluding carboxylic acids is 2. The smallest absolute Gasteiger partial charge is 0.275 e. The zero-order valence-electron chi connectivity index (χ0n) is 15.4. The zero-order valence-corrected chi connectivity index (χ0v) is 15.4. The van der Waals surface area contributed by atoms with Crippen LogP contribution < -0.4 is 15.5 Å². The fourth-order valence-corrected chi connectivity index (χ4v) is 2.34. The number of nitrogens with one attached hydrogen (secondary N) is 2. The minimum absolute atomic E-state index is 0.116. The van der Waals surface area contributed by atoms with Gasteiger partial charge in [-0.15, -0.1) is 0 Å². The molecule has 0 unspecified atom stereocenters. The lowest BCUT2D eigenvalue weighted by molar-refractivity contribution is -0.123. The van der Waals surface area contributed by atoms with E-state index in [0.717, 1.165) is 5.56 Å². The molecule has 0 spiro atoms. The molecule has 0 aliphatic heterocycles. The van der Waals surface area contributed by atoms with Crippen molar-refractivity contribution in [2.75, 3.05) is 6.61 Å². The molecule has 148 valence electrons. The number of aromatic hydroxyl groups is 1. The molecule has 3 aromatic rings. The highest BCUT2D eigenvalue weighted by molar-refractivity contribution is 5.97. The van der Waals surface area contributed by atoms with Gasteiger partial charge in [0.05, 0.1) is 24.6 Å². The Balaban J connectivity index is 1.43. The Labute approximate surface area is 166 Å². The van der Waals surface area contributed by atoms with E-state index in [2.05, 4.69) is 15.8 Å². The van der Waals surface area contributed by atoms with Gasteiger partial charge in [-0.1, -0.05) is 12.1 Å². The van der Waals surface area contributed by atoms with Gasteiger partial charge in [-0.2, -0.15) is 5.10 Å². The van der Waals surface area contributed by atoms with Crippen LogP contribution in [0.25, 0.3) is 0 Å². The quantitative estimate of drug-likeness (QED) is 0.402. The van der Waals surface area contributed by atoms with Crippen LogP contribution in [-0.4, -0.2) is 29.7 Å². The number of hydrazone groups is 1. The maximum Gasteiger partial charge on any atom is 0.275 e. The summed E-state index contributed by atoms with van der Waals surface area (Å²) < 4.78 is 10.6. The van der Waals surface area contributed by atoms with Crippen molar-refractivity contribution in [3.8, 4) is 11.5 Å². The number of nitrogens with zero attached hydrogens (tertiary/aromatic N) is 1. The van der Waals surface area contributed by atoms with E-state index in [1.54, 1.807) is 54.8 Å². The molecule has 2 aromatic carbocycles. The van der Waals surface area contributed by atoms with Crippen LogP contribution in [0.15, 0.2) is 76.4 Å². The number of rotatable bonds is 8. The molecular weight excluding hydrogens is 374 g/mol. The third-order valence-corrected chi connectivity index (χ3v) is 3.82. The first-order chi connectivity index (χ1) is 14.1. The van der Waals surface area contributed by atoms with Gasteiger partial charge >= 0.3 is 0 Å². The van der Waals surface area contributed by atoms with Crippen molar-refractivity contribution in [3.05, 3.63) is 83.8 Å². The summed E-state index contributed by atoms with van der Waals surface area (Å²) in [5, 5.41) is 16.2. The number of hydrogen-bond acceptors (Lipinski definition) is 6. The summed E-state index contributed by atoms with van der Waals surface area (Å²) in [7, 11) is 0. The fraction of sp³-hybridized carbons (Fsp3) is 0.0952. The van der Waals surface area contributed by atoms with Gasteiger partial charge in [0.15, 0.2) is 6.61 Å². The lowest BCUT2D eigenvalue weighted by Gasteiger charge is -2.07. The number of phenols is 1. The first-order valence-electron chi connectivity index (χ1n) is 8.75. The molecule has 29 heavy (non-hydrogen) atoms. The molecule has 8 nitrogen and oxygen atoms in total. The van der Waals surface area contributed by atoms with Crippen LogP contribution in [0.4, 0.5) is 0 Å². The number of hydrogen-bond donors (Lipinski definition) is 3. The lowest BCUT2D eigenvalue weighted by Crippen LogP contribution is -2.28. The second-order valence-corrected chi connectivity index (χ2v) is 5.93. The van der Waals surface area contributed by atoms with E-state index in [1.807, 2.05) is 0 Å². The molecule has 1 heterocycles. The average molecular weight is 393 g/mol. The molecule has 0 fully saturated rings. The van der Waals surface area contributed by atoms with Crippen LogP contribution in [0.5, 0.6) is 11.5 Å². The van der Waals surface area contributed by atoms with Crippen LogP contribution >= 0.6 is 0 Å². The van der Waals surface area contributed by atoms with Gasteiger partial charge in [-0.25, -0.2) is 5.43 Å². The highest BCUT2D eigenvalue weighted by Crippen LogP contribution is 2.15. The normalized spacial score (nSPS) is 10.6. The topological polar surface area (TPSA) is 113 Å². The van der Waals surface area contributed by atoms with E-state index in [4.69, 9.17) is 9.15 Å². The number of ether oxygens (including phenoxy) is 1. The van der Waals surface area contributed by atoms with Crippen molar-refractivity contribution in [2.24, 2.45) is 5.10 Å². The van der Waals surface area contributed by atoms with E-state index in [1.165, 1.54) is 18.3 Å². The Morgan fingerprint density at radius 2 is 1.86 bits per heavy atom. The summed E-state index contributed by atoms with van der Waals surface area (Å²) in [6.07, 6.45) is 3.00. The summed E-state index contributed by atoms with van der Waals surface area (Å²) >= 11 is 0. The van der Waals surface area contributed by atoms with Gasteiger partial charge in [-0.3, -0.25) is 9.59 Å². The molecule has 0 saturated heterocycles. The Hall–Kier alpha value is -4.07. The number of phenolic OH excluding ortho intramolecular Hbond substituents is 1. The molecule has 3 rings (SSSR count). The van der Waals surface area contributed by atoms with Crippen molar-refractivity contribution in [3.63, 3.8) is 0 Å². The number of benzene rings is 2. The molecule has 0 bridgehead atoms. The van der Waals surface area contributed by atoms with Gasteiger partial charge in [-0.05, 0) is 54.1 Å². The average Bonchev–Trinajstić information content (AvgIpc) is 3.25. The van der Waals surface area contributed by atoms with Crippen LogP contribution in [0.3, 0.4) is 0 Å². The number of para-hydroxylation sites is 1. The molecule has 2 amide bonds. The number of amides is 2. The second-order valence-electron chi connectivity index (χ2n) is 5.93. The van der Waals surface area contributed by atoms with Gasteiger partial charge < -0.3 is 19.6 Å². The van der Waals surface area contributed by atoms with Gasteiger partial charge in [0, 0.05) is 0 Å². The van der Waals surface area contributed by atoms with Crippen molar-refractivity contribution in [1.29, 1.82) is 0 Å². The molecule has 0 radical (unpaired) electrons. The summed E-state index contributed by atoms with van der Waals surface area (Å²) in [6, 6.07) is 16.5. The molecule has 0 aliphatic carbocycles. The van der Waals surface area contributed by atoms with Crippen LogP contribution in [-0.2, 0) is 11.3 Å². The molecular formula is C21H19N3O5. The summed E-state index contributed by atoms with van der Waals surface area (Å²) in [4.78, 5) is 23.7. The third kappa shape index (κ3) is 5.96. The van der Waals surface area contributed by atoms with Crippen molar-refractivity contribution in [2.45, 2.75) is 6.54 Å². The largest absolute Gasteiger partial charge is 0.507 e. The molecule has 0 aliphatic rings. The lowest BCUT2D eigenvalue weighted by atomic mass is 10.2.